The molecular formula is C27H53NO. The number of nitrogens with zero attached hydrogens (tertiary/aromatic N) is 1. The lowest BCUT2D eigenvalue weighted by Gasteiger charge is -2.14. The molecule has 0 saturated carbocycles. The van der Waals surface area contributed by atoms with E-state index in [-0.39, 0.29) is 0 Å². The molecule has 1 aliphatic heterocycles. The molecule has 1 amide bonds. The van der Waals surface area contributed by atoms with E-state index in [1.165, 1.54) is 122 Å². The van der Waals surface area contributed by atoms with Crippen LogP contribution in [0.2, 0.25) is 0 Å². The number of rotatable bonds is 20. The molecule has 172 valence electrons. The molecule has 1 saturated heterocycles. The number of amides is 1. The summed E-state index contributed by atoms with van der Waals surface area (Å²) in [5, 5.41) is 0. The highest BCUT2D eigenvalue weighted by Gasteiger charge is 2.16. The Morgan fingerprint density at radius 3 is 1.55 bits per heavy atom. The van der Waals surface area contributed by atoms with E-state index in [9.17, 15) is 4.79 Å². The van der Waals surface area contributed by atoms with E-state index in [0.29, 0.717) is 5.91 Å². The molecule has 1 rings (SSSR count). The van der Waals surface area contributed by atoms with Gasteiger partial charge in [-0.2, -0.15) is 0 Å². The van der Waals surface area contributed by atoms with Gasteiger partial charge in [0.2, 0.25) is 5.91 Å². The van der Waals surface area contributed by atoms with Gasteiger partial charge in [-0.05, 0) is 25.2 Å². The smallest absolute Gasteiger partial charge is 0.222 e. The highest BCUT2D eigenvalue weighted by molar-refractivity contribution is 5.76. The van der Waals surface area contributed by atoms with Gasteiger partial charge in [-0.15, -0.1) is 0 Å². The van der Waals surface area contributed by atoms with Crippen molar-refractivity contribution >= 4 is 5.91 Å². The summed E-state index contributed by atoms with van der Waals surface area (Å²) in [5.41, 5.74) is 0. The van der Waals surface area contributed by atoms with Crippen molar-refractivity contribution in [3.63, 3.8) is 0 Å². The predicted molar refractivity (Wildman–Crippen MR) is 128 cm³/mol. The number of carbonyl (C=O) groups is 1. The van der Waals surface area contributed by atoms with Crippen LogP contribution in [-0.4, -0.2) is 23.9 Å². The van der Waals surface area contributed by atoms with Crippen molar-refractivity contribution in [1.29, 1.82) is 0 Å². The van der Waals surface area contributed by atoms with Crippen molar-refractivity contribution in [2.45, 2.75) is 149 Å². The number of likely N-dealkylation sites (tertiary alicyclic amines) is 1. The largest absolute Gasteiger partial charge is 0.343 e. The average molecular weight is 408 g/mol. The molecule has 0 bridgehead atoms. The van der Waals surface area contributed by atoms with Crippen LogP contribution in [0.25, 0.3) is 0 Å². The van der Waals surface area contributed by atoms with Crippen molar-refractivity contribution in [1.82, 2.24) is 4.90 Å². The van der Waals surface area contributed by atoms with Gasteiger partial charge >= 0.3 is 0 Å². The number of hydrogen-bond acceptors (Lipinski definition) is 1. The summed E-state index contributed by atoms with van der Waals surface area (Å²) in [4.78, 5) is 14.0. The number of unbranched alkanes of at least 4 members (excludes halogenated alkanes) is 14. The third-order valence-electron chi connectivity index (χ3n) is 6.85. The monoisotopic (exact) mass is 407 g/mol. The Balaban J connectivity index is 1.73. The van der Waals surface area contributed by atoms with Crippen LogP contribution in [0.5, 0.6) is 0 Å². The SMILES string of the molecule is CCCCCCCC(C)CCCCCCCCCCCCCC(=O)N1CCCC1. The van der Waals surface area contributed by atoms with Crippen LogP contribution >= 0.6 is 0 Å². The van der Waals surface area contributed by atoms with Gasteiger partial charge in [0.05, 0.1) is 0 Å². The Morgan fingerprint density at radius 1 is 0.655 bits per heavy atom. The second kappa shape index (κ2) is 19.4. The lowest BCUT2D eigenvalue weighted by molar-refractivity contribution is -0.130. The summed E-state index contributed by atoms with van der Waals surface area (Å²) in [6.45, 7) is 6.78. The first-order valence-electron chi connectivity index (χ1n) is 13.5. The third kappa shape index (κ3) is 15.9. The molecular weight excluding hydrogens is 354 g/mol. The predicted octanol–water partition coefficient (Wildman–Crippen LogP) is 8.68. The van der Waals surface area contributed by atoms with E-state index in [1.807, 2.05) is 0 Å². The summed E-state index contributed by atoms with van der Waals surface area (Å²) in [6, 6.07) is 0. The van der Waals surface area contributed by atoms with E-state index < -0.39 is 0 Å². The maximum absolute atomic E-state index is 12.0. The first kappa shape index (κ1) is 26.5. The Hall–Kier alpha value is -0.530. The van der Waals surface area contributed by atoms with Crippen molar-refractivity contribution in [3.05, 3.63) is 0 Å². The third-order valence-corrected chi connectivity index (χ3v) is 6.85. The minimum Gasteiger partial charge on any atom is -0.343 e. The highest BCUT2D eigenvalue weighted by atomic mass is 16.2. The molecule has 1 heterocycles. The van der Waals surface area contributed by atoms with E-state index >= 15 is 0 Å². The van der Waals surface area contributed by atoms with Gasteiger partial charge in [-0.25, -0.2) is 0 Å². The molecule has 0 aliphatic carbocycles. The summed E-state index contributed by atoms with van der Waals surface area (Å²) in [5.74, 6) is 1.35. The molecule has 1 atom stereocenters. The van der Waals surface area contributed by atoms with Crippen LogP contribution in [0.1, 0.15) is 149 Å². The molecule has 0 N–H and O–H groups in total. The fraction of sp³-hybridized carbons (Fsp3) is 0.963. The van der Waals surface area contributed by atoms with Crippen LogP contribution in [0.4, 0.5) is 0 Å². The number of carbonyl (C=O) groups excluding carboxylic acids is 1. The first-order valence-corrected chi connectivity index (χ1v) is 13.5. The normalized spacial score (nSPS) is 15.2. The fourth-order valence-corrected chi connectivity index (χ4v) is 4.73. The van der Waals surface area contributed by atoms with Gasteiger partial charge < -0.3 is 4.90 Å². The molecule has 0 radical (unpaired) electrons. The topological polar surface area (TPSA) is 20.3 Å². The average Bonchev–Trinajstić information content (AvgIpc) is 3.26. The van der Waals surface area contributed by atoms with Crippen molar-refractivity contribution in [2.75, 3.05) is 13.1 Å². The molecule has 1 fully saturated rings. The lowest BCUT2D eigenvalue weighted by Crippen LogP contribution is -2.27. The van der Waals surface area contributed by atoms with Gasteiger partial charge in [0.15, 0.2) is 0 Å². The molecule has 0 aromatic heterocycles. The minimum absolute atomic E-state index is 0.406. The zero-order valence-electron chi connectivity index (χ0n) is 20.2. The summed E-state index contributed by atoms with van der Waals surface area (Å²) >= 11 is 0. The Bertz CT molecular complexity index is 362. The molecule has 0 aromatic rings. The van der Waals surface area contributed by atoms with Gasteiger partial charge in [-0.3, -0.25) is 4.79 Å². The van der Waals surface area contributed by atoms with Crippen LogP contribution in [0, 0.1) is 5.92 Å². The maximum Gasteiger partial charge on any atom is 0.222 e. The van der Waals surface area contributed by atoms with Gasteiger partial charge in [0.25, 0.3) is 0 Å². The zero-order chi connectivity index (χ0) is 21.0. The van der Waals surface area contributed by atoms with E-state index in [0.717, 1.165) is 31.8 Å². The minimum atomic E-state index is 0.406. The Labute approximate surface area is 183 Å². The maximum atomic E-state index is 12.0. The van der Waals surface area contributed by atoms with Crippen LogP contribution in [0.3, 0.4) is 0 Å². The second-order valence-electron chi connectivity index (χ2n) is 9.82. The summed E-state index contributed by atoms with van der Waals surface area (Å²) < 4.78 is 0. The van der Waals surface area contributed by atoms with Gasteiger partial charge in [-0.1, -0.05) is 123 Å². The Morgan fingerprint density at radius 2 is 1.07 bits per heavy atom. The second-order valence-corrected chi connectivity index (χ2v) is 9.82. The Kier molecular flexibility index (Phi) is 17.8. The van der Waals surface area contributed by atoms with Gasteiger partial charge in [0.1, 0.15) is 0 Å². The van der Waals surface area contributed by atoms with Crippen LogP contribution in [0.15, 0.2) is 0 Å². The summed E-state index contributed by atoms with van der Waals surface area (Å²) in [7, 11) is 0. The molecule has 2 nitrogen and oxygen atoms in total. The number of hydrogen-bond donors (Lipinski definition) is 0. The van der Waals surface area contributed by atoms with Crippen LogP contribution in [-0.2, 0) is 4.79 Å². The van der Waals surface area contributed by atoms with E-state index in [1.54, 1.807) is 0 Å². The van der Waals surface area contributed by atoms with Crippen molar-refractivity contribution in [3.8, 4) is 0 Å². The van der Waals surface area contributed by atoms with Crippen LogP contribution < -0.4 is 0 Å². The molecule has 2 heteroatoms. The fourth-order valence-electron chi connectivity index (χ4n) is 4.73. The first-order chi connectivity index (χ1) is 14.2. The molecule has 29 heavy (non-hydrogen) atoms. The molecule has 1 unspecified atom stereocenters. The van der Waals surface area contributed by atoms with E-state index in [2.05, 4.69) is 18.7 Å². The standard InChI is InChI=1S/C27H53NO/c1-3-4-5-13-16-21-26(2)22-17-14-11-9-7-6-8-10-12-15-18-23-27(29)28-24-19-20-25-28/h26H,3-25H2,1-2H3. The summed E-state index contributed by atoms with van der Waals surface area (Å²) in [6.07, 6.45) is 28.3. The highest BCUT2D eigenvalue weighted by Crippen LogP contribution is 2.19. The van der Waals surface area contributed by atoms with Crippen molar-refractivity contribution < 1.29 is 4.79 Å². The lowest BCUT2D eigenvalue weighted by atomic mass is 9.96. The van der Waals surface area contributed by atoms with Gasteiger partial charge in [0, 0.05) is 19.5 Å². The molecule has 1 aliphatic rings. The van der Waals surface area contributed by atoms with Crippen molar-refractivity contribution in [2.24, 2.45) is 5.92 Å². The van der Waals surface area contributed by atoms with E-state index in [4.69, 9.17) is 0 Å². The quantitative estimate of drug-likeness (QED) is 0.185. The molecule has 0 spiro atoms. The zero-order valence-corrected chi connectivity index (χ0v) is 20.2. The molecule has 0 aromatic carbocycles.